The van der Waals surface area contributed by atoms with Gasteiger partial charge in [-0.25, -0.2) is 13.1 Å². The zero-order chi connectivity index (χ0) is 14.8. The number of hydrogen-bond acceptors (Lipinski definition) is 4. The number of nitrogens with one attached hydrogen (secondary N) is 1. The summed E-state index contributed by atoms with van der Waals surface area (Å²) < 4.78 is 27.9. The molecule has 0 saturated heterocycles. The van der Waals surface area contributed by atoms with Gasteiger partial charge >= 0.3 is 5.97 Å². The van der Waals surface area contributed by atoms with Crippen LogP contribution >= 0.6 is 27.3 Å². The molecule has 0 aliphatic rings. The molecule has 0 aromatic carbocycles. The van der Waals surface area contributed by atoms with E-state index in [1.165, 1.54) is 0 Å². The van der Waals surface area contributed by atoms with Gasteiger partial charge in [0.1, 0.15) is 4.21 Å². The van der Waals surface area contributed by atoms with Crippen molar-refractivity contribution in [3.8, 4) is 0 Å². The molecule has 0 aliphatic heterocycles. The van der Waals surface area contributed by atoms with E-state index in [9.17, 15) is 13.2 Å². The second-order valence-electron chi connectivity index (χ2n) is 4.91. The van der Waals surface area contributed by atoms with Crippen LogP contribution in [0.15, 0.2) is 14.1 Å². The number of rotatable bonds is 6. The first kappa shape index (κ1) is 16.6. The summed E-state index contributed by atoms with van der Waals surface area (Å²) in [5.74, 6) is -0.943. The Morgan fingerprint density at radius 2 is 2.11 bits per heavy atom. The minimum Gasteiger partial charge on any atom is -0.481 e. The Bertz CT molecular complexity index is 558. The lowest BCUT2D eigenvalue weighted by Gasteiger charge is -2.24. The Kier molecular flexibility index (Phi) is 5.16. The van der Waals surface area contributed by atoms with Crippen LogP contribution in [0.1, 0.15) is 32.3 Å². The summed E-state index contributed by atoms with van der Waals surface area (Å²) in [5, 5.41) is 8.65. The number of sulfonamides is 1. The minimum absolute atomic E-state index is 0.0807. The Labute approximate surface area is 125 Å². The number of halogens is 1. The summed E-state index contributed by atoms with van der Waals surface area (Å²) in [6.45, 7) is 5.15. The number of aryl methyl sites for hydroxylation is 1. The van der Waals surface area contributed by atoms with Crippen LogP contribution in [0, 0.1) is 6.92 Å². The molecule has 1 heterocycles. The molecule has 0 saturated carbocycles. The highest BCUT2D eigenvalue weighted by Gasteiger charge is 2.28. The van der Waals surface area contributed by atoms with Gasteiger partial charge in [0.15, 0.2) is 0 Å². The van der Waals surface area contributed by atoms with Crippen LogP contribution in [0.2, 0.25) is 0 Å². The van der Waals surface area contributed by atoms with Gasteiger partial charge in [0.2, 0.25) is 0 Å². The van der Waals surface area contributed by atoms with Gasteiger partial charge in [0.05, 0.1) is 3.79 Å². The summed E-state index contributed by atoms with van der Waals surface area (Å²) in [6.07, 6.45) is 0.149. The Morgan fingerprint density at radius 1 is 1.53 bits per heavy atom. The minimum atomic E-state index is -3.62. The topological polar surface area (TPSA) is 83.5 Å². The molecule has 0 bridgehead atoms. The van der Waals surface area contributed by atoms with E-state index in [4.69, 9.17) is 5.11 Å². The predicted octanol–water partition coefficient (Wildman–Crippen LogP) is 2.74. The molecule has 1 aromatic heterocycles. The number of carbonyl (C=O) groups is 1. The molecule has 1 aromatic rings. The fourth-order valence-corrected chi connectivity index (χ4v) is 5.12. The molecule has 19 heavy (non-hydrogen) atoms. The maximum atomic E-state index is 12.2. The summed E-state index contributed by atoms with van der Waals surface area (Å²) in [5.41, 5.74) is 0.0513. The van der Waals surface area contributed by atoms with Gasteiger partial charge < -0.3 is 5.11 Å². The summed E-state index contributed by atoms with van der Waals surface area (Å²) in [7, 11) is -3.62. The monoisotopic (exact) mass is 369 g/mol. The lowest BCUT2D eigenvalue weighted by atomic mass is 10.0. The highest BCUT2D eigenvalue weighted by molar-refractivity contribution is 9.11. The standard InChI is InChI=1S/C11H16BrNO4S2/c1-7-6-9(18-10(7)12)19(16,17)13-11(2,3)5-4-8(14)15/h6,13H,4-5H2,1-3H3,(H,14,15). The maximum absolute atomic E-state index is 12.2. The molecule has 2 N–H and O–H groups in total. The van der Waals surface area contributed by atoms with Crippen molar-refractivity contribution < 1.29 is 18.3 Å². The zero-order valence-corrected chi connectivity index (χ0v) is 14.1. The van der Waals surface area contributed by atoms with E-state index in [1.54, 1.807) is 19.9 Å². The highest BCUT2D eigenvalue weighted by atomic mass is 79.9. The molecule has 5 nitrogen and oxygen atoms in total. The summed E-state index contributed by atoms with van der Waals surface area (Å²) >= 11 is 4.42. The lowest BCUT2D eigenvalue weighted by Crippen LogP contribution is -2.43. The van der Waals surface area contributed by atoms with Crippen LogP contribution in [0.5, 0.6) is 0 Å². The van der Waals surface area contributed by atoms with Crippen molar-refractivity contribution in [1.82, 2.24) is 4.72 Å². The van der Waals surface area contributed by atoms with Crippen LogP contribution in [0.3, 0.4) is 0 Å². The molecule has 0 aliphatic carbocycles. The van der Waals surface area contributed by atoms with Crippen molar-refractivity contribution in [3.05, 3.63) is 15.4 Å². The third-order valence-corrected chi connectivity index (χ3v) is 6.78. The normalized spacial score (nSPS) is 12.6. The van der Waals surface area contributed by atoms with Crippen LogP contribution < -0.4 is 4.72 Å². The molecule has 0 radical (unpaired) electrons. The molecule has 1 rings (SSSR count). The van der Waals surface area contributed by atoms with Crippen LogP contribution in [-0.2, 0) is 14.8 Å². The van der Waals surface area contributed by atoms with Gasteiger partial charge in [0, 0.05) is 12.0 Å². The first-order chi connectivity index (χ1) is 8.53. The molecular formula is C11H16BrNO4S2. The van der Waals surface area contributed by atoms with E-state index < -0.39 is 21.5 Å². The Morgan fingerprint density at radius 3 is 2.53 bits per heavy atom. The second-order valence-corrected chi connectivity index (χ2v) is 9.18. The van der Waals surface area contributed by atoms with Crippen LogP contribution in [0.4, 0.5) is 0 Å². The molecule has 0 amide bonds. The zero-order valence-electron chi connectivity index (χ0n) is 10.9. The highest BCUT2D eigenvalue weighted by Crippen LogP contribution is 2.31. The summed E-state index contributed by atoms with van der Waals surface area (Å²) in [6, 6.07) is 1.59. The summed E-state index contributed by atoms with van der Waals surface area (Å²) in [4.78, 5) is 10.5. The van der Waals surface area contributed by atoms with Crippen molar-refractivity contribution in [2.75, 3.05) is 0 Å². The van der Waals surface area contributed by atoms with Crippen molar-refractivity contribution in [2.24, 2.45) is 0 Å². The molecular weight excluding hydrogens is 354 g/mol. The Balaban J connectivity index is 2.87. The van der Waals surface area contributed by atoms with E-state index in [1.807, 2.05) is 6.92 Å². The molecule has 0 spiro atoms. The SMILES string of the molecule is Cc1cc(S(=O)(=O)NC(C)(C)CCC(=O)O)sc1Br. The second kappa shape index (κ2) is 5.90. The quantitative estimate of drug-likeness (QED) is 0.807. The fourth-order valence-electron chi connectivity index (χ4n) is 1.45. The molecule has 0 atom stereocenters. The number of carboxylic acid groups (broad SMARTS) is 1. The smallest absolute Gasteiger partial charge is 0.303 e. The Hall–Kier alpha value is -0.440. The van der Waals surface area contributed by atoms with E-state index in [0.29, 0.717) is 0 Å². The number of hydrogen-bond donors (Lipinski definition) is 2. The van der Waals surface area contributed by atoms with E-state index in [2.05, 4.69) is 20.7 Å². The third kappa shape index (κ3) is 4.87. The van der Waals surface area contributed by atoms with E-state index in [-0.39, 0.29) is 17.1 Å². The van der Waals surface area contributed by atoms with Gasteiger partial charge in [-0.05, 0) is 54.8 Å². The maximum Gasteiger partial charge on any atom is 0.303 e. The van der Waals surface area contributed by atoms with Crippen molar-refractivity contribution >= 4 is 43.3 Å². The van der Waals surface area contributed by atoms with E-state index in [0.717, 1.165) is 20.7 Å². The fraction of sp³-hybridized carbons (Fsp3) is 0.545. The van der Waals surface area contributed by atoms with Gasteiger partial charge in [-0.3, -0.25) is 4.79 Å². The van der Waals surface area contributed by atoms with Crippen molar-refractivity contribution in [3.63, 3.8) is 0 Å². The van der Waals surface area contributed by atoms with Crippen LogP contribution in [0.25, 0.3) is 0 Å². The largest absolute Gasteiger partial charge is 0.481 e. The number of carboxylic acids is 1. The number of thiophene rings is 1. The predicted molar refractivity (Wildman–Crippen MR) is 78.0 cm³/mol. The lowest BCUT2D eigenvalue weighted by molar-refractivity contribution is -0.137. The molecule has 0 fully saturated rings. The van der Waals surface area contributed by atoms with Crippen LogP contribution in [-0.4, -0.2) is 25.0 Å². The molecule has 108 valence electrons. The average Bonchev–Trinajstić information content (AvgIpc) is 2.56. The van der Waals surface area contributed by atoms with Crippen molar-refractivity contribution in [1.29, 1.82) is 0 Å². The first-order valence-electron chi connectivity index (χ1n) is 5.55. The van der Waals surface area contributed by atoms with Gasteiger partial charge in [0.25, 0.3) is 10.0 Å². The van der Waals surface area contributed by atoms with E-state index >= 15 is 0 Å². The molecule has 8 heteroatoms. The average molecular weight is 370 g/mol. The van der Waals surface area contributed by atoms with Gasteiger partial charge in [-0.1, -0.05) is 0 Å². The van der Waals surface area contributed by atoms with Gasteiger partial charge in [-0.15, -0.1) is 11.3 Å². The third-order valence-electron chi connectivity index (χ3n) is 2.47. The van der Waals surface area contributed by atoms with Crippen molar-refractivity contribution in [2.45, 2.75) is 43.4 Å². The molecule has 0 unspecified atom stereocenters. The van der Waals surface area contributed by atoms with Gasteiger partial charge in [-0.2, -0.15) is 0 Å². The number of aliphatic carboxylic acids is 1. The first-order valence-corrected chi connectivity index (χ1v) is 8.64.